The van der Waals surface area contributed by atoms with Crippen LogP contribution < -0.4 is 5.73 Å². The molecule has 2 N–H and O–H groups in total. The van der Waals surface area contributed by atoms with Crippen LogP contribution in [-0.4, -0.2) is 9.55 Å². The highest BCUT2D eigenvalue weighted by atomic mass is 35.5. The van der Waals surface area contributed by atoms with Crippen molar-refractivity contribution in [1.82, 2.24) is 9.55 Å². The minimum atomic E-state index is 0.753. The zero-order valence-electron chi connectivity index (χ0n) is 10.2. The van der Waals surface area contributed by atoms with Crippen LogP contribution in [0.2, 0.25) is 5.02 Å². The molecule has 0 aliphatic heterocycles. The monoisotopic (exact) mass is 261 g/mol. The number of nitrogens with two attached hydrogens (primary N) is 1. The highest BCUT2D eigenvalue weighted by Crippen LogP contribution is 2.24. The summed E-state index contributed by atoms with van der Waals surface area (Å²) in [7, 11) is 0. The second kappa shape index (κ2) is 4.65. The van der Waals surface area contributed by atoms with Gasteiger partial charge < -0.3 is 10.3 Å². The molecule has 2 aromatic rings. The van der Waals surface area contributed by atoms with Gasteiger partial charge in [0.15, 0.2) is 0 Å². The molecule has 0 fully saturated rings. The number of aromatic nitrogens is 2. The molecule has 0 spiro atoms. The molecule has 0 unspecified atom stereocenters. The molecule has 1 aliphatic rings. The average Bonchev–Trinajstić information content (AvgIpc) is 2.78. The first-order valence-corrected chi connectivity index (χ1v) is 6.68. The Bertz CT molecular complexity index is 574. The predicted molar refractivity (Wildman–Crippen MR) is 73.8 cm³/mol. The Morgan fingerprint density at radius 1 is 1.28 bits per heavy atom. The number of halogens is 1. The molecule has 0 atom stereocenters. The van der Waals surface area contributed by atoms with Crippen molar-refractivity contribution in [1.29, 1.82) is 0 Å². The smallest absolute Gasteiger partial charge is 0.0954 e. The van der Waals surface area contributed by atoms with Crippen molar-refractivity contribution in [3.05, 3.63) is 46.5 Å². The third-order valence-electron chi connectivity index (χ3n) is 3.52. The van der Waals surface area contributed by atoms with Crippen LogP contribution in [0.4, 0.5) is 5.69 Å². The maximum atomic E-state index is 6.21. The molecule has 3 rings (SSSR count). The number of aryl methyl sites for hydroxylation is 1. The summed E-state index contributed by atoms with van der Waals surface area (Å²) in [6.45, 7) is 0.756. The Hall–Kier alpha value is -1.48. The summed E-state index contributed by atoms with van der Waals surface area (Å²) in [6.07, 6.45) is 6.66. The molecular weight excluding hydrogens is 246 g/mol. The summed E-state index contributed by atoms with van der Waals surface area (Å²) < 4.78 is 2.20. The van der Waals surface area contributed by atoms with E-state index in [-0.39, 0.29) is 0 Å². The predicted octanol–water partition coefficient (Wildman–Crippen LogP) is 3.05. The van der Waals surface area contributed by atoms with Gasteiger partial charge in [0, 0.05) is 16.4 Å². The van der Waals surface area contributed by atoms with Crippen LogP contribution in [0.15, 0.2) is 24.5 Å². The fourth-order valence-electron chi connectivity index (χ4n) is 2.57. The third kappa shape index (κ3) is 2.10. The summed E-state index contributed by atoms with van der Waals surface area (Å²) in [5.74, 6) is 0. The van der Waals surface area contributed by atoms with E-state index < -0.39 is 0 Å². The van der Waals surface area contributed by atoms with Crippen molar-refractivity contribution in [2.24, 2.45) is 0 Å². The van der Waals surface area contributed by atoms with Crippen molar-refractivity contribution in [2.45, 2.75) is 32.2 Å². The summed E-state index contributed by atoms with van der Waals surface area (Å²) >= 11 is 6.21. The Kier molecular flexibility index (Phi) is 3.00. The Balaban J connectivity index is 1.92. The van der Waals surface area contributed by atoms with Crippen molar-refractivity contribution >= 4 is 17.3 Å². The van der Waals surface area contributed by atoms with Gasteiger partial charge in [-0.2, -0.15) is 0 Å². The quantitative estimate of drug-likeness (QED) is 0.845. The van der Waals surface area contributed by atoms with Crippen molar-refractivity contribution < 1.29 is 0 Å². The fourth-order valence-corrected chi connectivity index (χ4v) is 2.74. The lowest BCUT2D eigenvalue weighted by molar-refractivity contribution is 0.628. The second-order valence-electron chi connectivity index (χ2n) is 4.82. The van der Waals surface area contributed by atoms with E-state index in [0.29, 0.717) is 0 Å². The Morgan fingerprint density at radius 3 is 3.00 bits per heavy atom. The van der Waals surface area contributed by atoms with Gasteiger partial charge in [-0.1, -0.05) is 11.6 Å². The highest BCUT2D eigenvalue weighted by molar-refractivity contribution is 6.31. The first-order chi connectivity index (χ1) is 8.74. The van der Waals surface area contributed by atoms with Crippen LogP contribution in [0, 0.1) is 0 Å². The molecule has 0 amide bonds. The maximum Gasteiger partial charge on any atom is 0.0954 e. The summed E-state index contributed by atoms with van der Waals surface area (Å²) in [4.78, 5) is 4.49. The van der Waals surface area contributed by atoms with E-state index in [1.54, 1.807) is 0 Å². The Morgan fingerprint density at radius 2 is 2.11 bits per heavy atom. The van der Waals surface area contributed by atoms with E-state index in [4.69, 9.17) is 17.3 Å². The minimum absolute atomic E-state index is 0.753. The van der Waals surface area contributed by atoms with Crippen molar-refractivity contribution in [3.8, 4) is 0 Å². The van der Waals surface area contributed by atoms with Crippen LogP contribution in [0.25, 0.3) is 0 Å². The van der Waals surface area contributed by atoms with Gasteiger partial charge in [0.1, 0.15) is 0 Å². The largest absolute Gasteiger partial charge is 0.399 e. The van der Waals surface area contributed by atoms with Gasteiger partial charge in [-0.3, -0.25) is 0 Å². The standard InChI is InChI=1S/C14H16ClN3/c15-12-6-5-11(16)7-10(12)8-18-9-17-13-3-1-2-4-14(13)18/h5-7,9H,1-4,8,16H2. The molecule has 0 bridgehead atoms. The minimum Gasteiger partial charge on any atom is -0.399 e. The molecule has 1 heterocycles. The van der Waals surface area contributed by atoms with Gasteiger partial charge in [-0.15, -0.1) is 0 Å². The highest BCUT2D eigenvalue weighted by Gasteiger charge is 2.15. The molecule has 0 saturated carbocycles. The van der Waals surface area contributed by atoms with Crippen LogP contribution in [0.5, 0.6) is 0 Å². The number of hydrogen-bond donors (Lipinski definition) is 1. The maximum absolute atomic E-state index is 6.21. The lowest BCUT2D eigenvalue weighted by atomic mass is 10.0. The normalized spacial score (nSPS) is 14.5. The van der Waals surface area contributed by atoms with Gasteiger partial charge in [0.05, 0.1) is 18.6 Å². The molecule has 0 saturated heterocycles. The lowest BCUT2D eigenvalue weighted by Gasteiger charge is -2.14. The Labute approximate surface area is 112 Å². The molecule has 0 radical (unpaired) electrons. The van der Waals surface area contributed by atoms with E-state index in [2.05, 4.69) is 9.55 Å². The number of hydrogen-bond acceptors (Lipinski definition) is 2. The van der Waals surface area contributed by atoms with E-state index in [1.165, 1.54) is 24.2 Å². The van der Waals surface area contributed by atoms with E-state index >= 15 is 0 Å². The average molecular weight is 262 g/mol. The zero-order chi connectivity index (χ0) is 12.5. The van der Waals surface area contributed by atoms with Crippen LogP contribution in [-0.2, 0) is 19.4 Å². The van der Waals surface area contributed by atoms with Crippen molar-refractivity contribution in [3.63, 3.8) is 0 Å². The number of imidazole rings is 1. The summed E-state index contributed by atoms with van der Waals surface area (Å²) in [6, 6.07) is 5.63. The van der Waals surface area contributed by atoms with Gasteiger partial charge in [-0.05, 0) is 49.4 Å². The molecular formula is C14H16ClN3. The SMILES string of the molecule is Nc1ccc(Cl)c(Cn2cnc3c2CCCC3)c1. The number of fused-ring (bicyclic) bond motifs is 1. The van der Waals surface area contributed by atoms with Crippen LogP contribution in [0.3, 0.4) is 0 Å². The van der Waals surface area contributed by atoms with Crippen molar-refractivity contribution in [2.75, 3.05) is 5.73 Å². The molecule has 1 aromatic carbocycles. The summed E-state index contributed by atoms with van der Waals surface area (Å²) in [5.41, 5.74) is 10.2. The first-order valence-electron chi connectivity index (χ1n) is 6.31. The molecule has 18 heavy (non-hydrogen) atoms. The topological polar surface area (TPSA) is 43.8 Å². The lowest BCUT2D eigenvalue weighted by Crippen LogP contribution is -2.09. The van der Waals surface area contributed by atoms with Gasteiger partial charge in [0.25, 0.3) is 0 Å². The molecule has 1 aromatic heterocycles. The van der Waals surface area contributed by atoms with Gasteiger partial charge in [0.2, 0.25) is 0 Å². The third-order valence-corrected chi connectivity index (χ3v) is 3.89. The van der Waals surface area contributed by atoms with Gasteiger partial charge in [-0.25, -0.2) is 4.98 Å². The number of benzene rings is 1. The number of anilines is 1. The second-order valence-corrected chi connectivity index (χ2v) is 5.23. The molecule has 1 aliphatic carbocycles. The van der Waals surface area contributed by atoms with Crippen LogP contribution in [0.1, 0.15) is 29.8 Å². The molecule has 94 valence electrons. The molecule has 4 heteroatoms. The van der Waals surface area contributed by atoms with E-state index in [0.717, 1.165) is 35.7 Å². The first kappa shape index (κ1) is 11.6. The summed E-state index contributed by atoms with van der Waals surface area (Å²) in [5, 5.41) is 0.766. The fraction of sp³-hybridized carbons (Fsp3) is 0.357. The number of nitrogens with zero attached hydrogens (tertiary/aromatic N) is 2. The number of rotatable bonds is 2. The zero-order valence-corrected chi connectivity index (χ0v) is 11.0. The van der Waals surface area contributed by atoms with E-state index in [9.17, 15) is 0 Å². The van der Waals surface area contributed by atoms with Crippen LogP contribution >= 0.6 is 11.6 Å². The van der Waals surface area contributed by atoms with Gasteiger partial charge >= 0.3 is 0 Å². The van der Waals surface area contributed by atoms with E-state index in [1.807, 2.05) is 24.5 Å². The number of nitrogen functional groups attached to an aromatic ring is 1. The molecule has 3 nitrogen and oxygen atoms in total.